The van der Waals surface area contributed by atoms with Gasteiger partial charge in [-0.15, -0.1) is 0 Å². The number of methoxy groups -OCH3 is 1. The number of amides is 3. The van der Waals surface area contributed by atoms with E-state index >= 15 is 0 Å². The van der Waals surface area contributed by atoms with E-state index in [2.05, 4.69) is 47.1 Å². The molecule has 376 valence electrons. The molecule has 4 aliphatic rings. The van der Waals surface area contributed by atoms with Crippen LogP contribution in [0.2, 0.25) is 0 Å². The smallest absolute Gasteiger partial charge is 0.272 e. The number of piperazine rings is 2. The number of anilines is 1. The quantitative estimate of drug-likeness (QED) is 0.130. The molecule has 0 saturated carbocycles. The van der Waals surface area contributed by atoms with Gasteiger partial charge in [0.1, 0.15) is 17.2 Å². The average molecular weight is 967 g/mol. The molecule has 0 unspecified atom stereocenters. The molecular formula is C55H70N10O6. The minimum atomic E-state index is -0.0450. The minimum Gasteiger partial charge on any atom is -0.497 e. The third-order valence-corrected chi connectivity index (χ3v) is 14.9. The molecule has 1 atom stereocenters. The third-order valence-electron chi connectivity index (χ3n) is 14.9. The van der Waals surface area contributed by atoms with Crippen molar-refractivity contribution in [1.29, 1.82) is 0 Å². The van der Waals surface area contributed by atoms with Crippen LogP contribution in [0, 0.1) is 5.92 Å². The number of nitrogens with zero attached hydrogens (tertiary/aromatic N) is 8. The second kappa shape index (κ2) is 23.2. The summed E-state index contributed by atoms with van der Waals surface area (Å²) in [6, 6.07) is 21.6. The van der Waals surface area contributed by atoms with E-state index in [1.165, 1.54) is 0 Å². The molecule has 4 aliphatic heterocycles. The number of H-pyrrole nitrogens is 1. The molecule has 0 bridgehead atoms. The highest BCUT2D eigenvalue weighted by molar-refractivity contribution is 5.94. The summed E-state index contributed by atoms with van der Waals surface area (Å²) in [4.78, 5) is 78.4. The summed E-state index contributed by atoms with van der Waals surface area (Å²) < 4.78 is 11.2. The molecular weight excluding hydrogens is 897 g/mol. The molecule has 4 saturated heterocycles. The number of carbonyl (C=O) groups is 3. The zero-order chi connectivity index (χ0) is 49.3. The van der Waals surface area contributed by atoms with E-state index in [1.807, 2.05) is 95.5 Å². The summed E-state index contributed by atoms with van der Waals surface area (Å²) in [5.74, 6) is 2.31. The zero-order valence-electron chi connectivity index (χ0n) is 41.7. The van der Waals surface area contributed by atoms with Crippen LogP contribution in [0.5, 0.6) is 11.5 Å². The number of likely N-dealkylation sites (tertiary alicyclic amines) is 2. The molecule has 3 aromatic heterocycles. The van der Waals surface area contributed by atoms with Crippen molar-refractivity contribution in [2.24, 2.45) is 5.92 Å². The Kier molecular flexibility index (Phi) is 16.2. The van der Waals surface area contributed by atoms with Crippen LogP contribution in [0.4, 0.5) is 5.69 Å². The number of benzene rings is 2. The van der Waals surface area contributed by atoms with E-state index < -0.39 is 0 Å². The van der Waals surface area contributed by atoms with Crippen LogP contribution in [0.25, 0.3) is 11.0 Å². The van der Waals surface area contributed by atoms with Gasteiger partial charge in [-0.05, 0) is 98.5 Å². The van der Waals surface area contributed by atoms with E-state index in [9.17, 15) is 19.2 Å². The number of piperidine rings is 2. The van der Waals surface area contributed by atoms with E-state index in [1.54, 1.807) is 7.11 Å². The van der Waals surface area contributed by atoms with Crippen molar-refractivity contribution >= 4 is 34.4 Å². The van der Waals surface area contributed by atoms with Gasteiger partial charge < -0.3 is 39.4 Å². The number of aryl methyl sites for hydroxylation is 1. The van der Waals surface area contributed by atoms with Crippen molar-refractivity contribution in [1.82, 2.24) is 44.8 Å². The van der Waals surface area contributed by atoms with Crippen molar-refractivity contribution in [3.8, 4) is 11.5 Å². The molecule has 2 N–H and O–H groups in total. The number of fused-ring (bicyclic) bond motifs is 1. The maximum absolute atomic E-state index is 13.8. The van der Waals surface area contributed by atoms with Gasteiger partial charge in [-0.2, -0.15) is 0 Å². The number of carbonyl (C=O) groups excluding carboxylic acids is 3. The summed E-state index contributed by atoms with van der Waals surface area (Å²) in [5.41, 5.74) is 7.69. The average Bonchev–Trinajstić information content (AvgIpc) is 3.41. The van der Waals surface area contributed by atoms with Crippen LogP contribution in [0.15, 0.2) is 83.9 Å². The van der Waals surface area contributed by atoms with Gasteiger partial charge in [0.2, 0.25) is 5.91 Å². The van der Waals surface area contributed by atoms with Gasteiger partial charge >= 0.3 is 0 Å². The van der Waals surface area contributed by atoms with Crippen molar-refractivity contribution < 1.29 is 23.9 Å². The van der Waals surface area contributed by atoms with Gasteiger partial charge in [-0.25, -0.2) is 4.98 Å². The molecule has 0 spiro atoms. The van der Waals surface area contributed by atoms with Gasteiger partial charge in [0.25, 0.3) is 17.4 Å². The molecule has 7 heterocycles. The maximum Gasteiger partial charge on any atom is 0.272 e. The number of aromatic amines is 1. The molecule has 16 heteroatoms. The lowest BCUT2D eigenvalue weighted by Crippen LogP contribution is -2.51. The molecule has 2 aromatic carbocycles. The van der Waals surface area contributed by atoms with E-state index in [4.69, 9.17) is 9.47 Å². The highest BCUT2D eigenvalue weighted by Gasteiger charge is 2.30. The van der Waals surface area contributed by atoms with Crippen LogP contribution < -0.4 is 25.2 Å². The van der Waals surface area contributed by atoms with Crippen LogP contribution in [-0.4, -0.2) is 163 Å². The molecule has 0 radical (unpaired) electrons. The second-order valence-electron chi connectivity index (χ2n) is 19.6. The Morgan fingerprint density at radius 2 is 1.55 bits per heavy atom. The largest absolute Gasteiger partial charge is 0.497 e. The van der Waals surface area contributed by atoms with Crippen molar-refractivity contribution in [2.75, 3.05) is 110 Å². The minimum absolute atomic E-state index is 0.0200. The summed E-state index contributed by atoms with van der Waals surface area (Å²) >= 11 is 0. The Hall–Kier alpha value is -6.36. The lowest BCUT2D eigenvalue weighted by molar-refractivity contribution is -0.131. The number of pyridine rings is 3. The number of rotatable bonds is 16. The fourth-order valence-corrected chi connectivity index (χ4v) is 10.7. The Morgan fingerprint density at radius 1 is 0.761 bits per heavy atom. The predicted molar refractivity (Wildman–Crippen MR) is 275 cm³/mol. The fraction of sp³-hybridized carbons (Fsp3) is 0.491. The van der Waals surface area contributed by atoms with Crippen LogP contribution in [0.3, 0.4) is 0 Å². The van der Waals surface area contributed by atoms with Crippen LogP contribution in [0.1, 0.15) is 88.5 Å². The summed E-state index contributed by atoms with van der Waals surface area (Å²) in [5, 5.41) is 3.32. The summed E-state index contributed by atoms with van der Waals surface area (Å²) in [7, 11) is 1.63. The van der Waals surface area contributed by atoms with Gasteiger partial charge in [0.15, 0.2) is 0 Å². The first-order chi connectivity index (χ1) is 34.6. The van der Waals surface area contributed by atoms with Gasteiger partial charge in [0.05, 0.1) is 43.2 Å². The van der Waals surface area contributed by atoms with Crippen molar-refractivity contribution in [3.63, 3.8) is 0 Å². The molecule has 4 fully saturated rings. The van der Waals surface area contributed by atoms with Crippen molar-refractivity contribution in [2.45, 2.75) is 65.0 Å². The van der Waals surface area contributed by atoms with E-state index in [0.717, 1.165) is 154 Å². The number of aromatic nitrogens is 3. The highest BCUT2D eigenvalue weighted by Crippen LogP contribution is 2.30. The van der Waals surface area contributed by atoms with Crippen LogP contribution in [-0.2, 0) is 24.3 Å². The molecule has 16 nitrogen and oxygen atoms in total. The highest BCUT2D eigenvalue weighted by atomic mass is 16.5. The zero-order valence-corrected chi connectivity index (χ0v) is 41.7. The van der Waals surface area contributed by atoms with Gasteiger partial charge in [0, 0.05) is 133 Å². The second-order valence-corrected chi connectivity index (χ2v) is 19.6. The maximum atomic E-state index is 13.8. The first-order valence-electron chi connectivity index (χ1n) is 25.8. The number of nitrogens with one attached hydrogen (secondary N) is 2. The van der Waals surface area contributed by atoms with Gasteiger partial charge in [-0.3, -0.25) is 34.0 Å². The SMILES string of the molecule is CCOc1cc(OC)ccc1CNCC(=O)N1CCC[C@H](c2cccc(C(=O)N3CCC(CN4CCN(C(=O)c5ccc(N6CCN(Cc7cnc8cc(CC)c(=O)[nH]c8c7)CC6)cn5)CC4)CC3)c2)C1. The Morgan fingerprint density at radius 3 is 2.30 bits per heavy atom. The lowest BCUT2D eigenvalue weighted by atomic mass is 9.89. The topological polar surface area (TPSA) is 160 Å². The molecule has 3 amide bonds. The number of hydrogen-bond donors (Lipinski definition) is 2. The monoisotopic (exact) mass is 967 g/mol. The Balaban J connectivity index is 0.676. The Labute approximate surface area is 417 Å². The predicted octanol–water partition coefficient (Wildman–Crippen LogP) is 5.42. The first kappa shape index (κ1) is 49.6. The third kappa shape index (κ3) is 12.2. The number of hydrogen-bond acceptors (Lipinski definition) is 12. The van der Waals surface area contributed by atoms with Crippen molar-refractivity contribution in [3.05, 3.63) is 123 Å². The first-order valence-corrected chi connectivity index (χ1v) is 25.8. The standard InChI is InChI=1S/C55H70N10O6/c1-4-41-30-49-50(59-53(41)67)28-40(32-57-49)37-61-20-24-62(25-21-61)46-12-14-48(58-34-46)55(69)64-26-22-60(23-27-64)36-39-15-18-63(19-16-39)54(68)43-9-6-8-42(29-43)45-10-7-17-65(38-45)52(66)35-56-33-44-11-13-47(70-3)31-51(44)71-5-2/h6,8-9,11-14,28-32,34,39,45,56H,4-5,7,10,15-27,33,35-38H2,1-3H3,(H,59,67)/t45-/m0/s1. The van der Waals surface area contributed by atoms with Crippen LogP contribution >= 0.6 is 0 Å². The fourth-order valence-electron chi connectivity index (χ4n) is 10.7. The van der Waals surface area contributed by atoms with E-state index in [0.29, 0.717) is 50.8 Å². The Bertz CT molecular complexity index is 2690. The molecule has 5 aromatic rings. The molecule has 0 aliphatic carbocycles. The van der Waals surface area contributed by atoms with Gasteiger partial charge in [-0.1, -0.05) is 25.1 Å². The molecule has 71 heavy (non-hydrogen) atoms. The lowest BCUT2D eigenvalue weighted by Gasteiger charge is -2.39. The summed E-state index contributed by atoms with van der Waals surface area (Å²) in [6.07, 6.45) is 8.24. The number of ether oxygens (including phenoxy) is 2. The van der Waals surface area contributed by atoms with E-state index in [-0.39, 0.29) is 35.7 Å². The summed E-state index contributed by atoms with van der Waals surface area (Å²) in [6.45, 7) is 16.3. The normalized spacial score (nSPS) is 18.5. The molecule has 9 rings (SSSR count).